The number of ether oxygens (including phenoxy) is 1. The minimum Gasteiger partial charge on any atom is -0.497 e. The van der Waals surface area contributed by atoms with Crippen molar-refractivity contribution in [3.63, 3.8) is 0 Å². The molecule has 5 heteroatoms. The third-order valence-electron chi connectivity index (χ3n) is 4.53. The van der Waals surface area contributed by atoms with Crippen molar-refractivity contribution in [2.75, 3.05) is 7.11 Å². The third kappa shape index (κ3) is 5.25. The molecule has 132 valence electrons. The van der Waals surface area contributed by atoms with E-state index in [2.05, 4.69) is 10.6 Å². The van der Waals surface area contributed by atoms with Crippen LogP contribution in [0.2, 0.25) is 0 Å². The molecule has 1 aromatic rings. The van der Waals surface area contributed by atoms with Crippen LogP contribution in [0.1, 0.15) is 45.1 Å². The smallest absolute Gasteiger partial charge is 0.223 e. The van der Waals surface area contributed by atoms with Gasteiger partial charge in [-0.2, -0.15) is 0 Å². The molecule has 1 fully saturated rings. The highest BCUT2D eigenvalue weighted by Gasteiger charge is 2.29. The summed E-state index contributed by atoms with van der Waals surface area (Å²) in [6, 6.07) is 7.85. The quantitative estimate of drug-likeness (QED) is 0.841. The highest BCUT2D eigenvalue weighted by Crippen LogP contribution is 2.29. The zero-order valence-corrected chi connectivity index (χ0v) is 14.8. The van der Waals surface area contributed by atoms with Crippen molar-refractivity contribution in [2.24, 2.45) is 11.8 Å². The number of benzene rings is 1. The maximum atomic E-state index is 12.3. The summed E-state index contributed by atoms with van der Waals surface area (Å²) in [7, 11) is 1.63. The SMILES string of the molecule is COc1ccc(CNC(=O)C2CCC(C(=O)NC(C)C)CC2)cc1. The Kier molecular flexibility index (Phi) is 6.64. The summed E-state index contributed by atoms with van der Waals surface area (Å²) in [4.78, 5) is 24.3. The first-order chi connectivity index (χ1) is 11.5. The Labute approximate surface area is 144 Å². The van der Waals surface area contributed by atoms with Gasteiger partial charge in [-0.05, 0) is 57.2 Å². The second-order valence-corrected chi connectivity index (χ2v) is 6.78. The summed E-state index contributed by atoms with van der Waals surface area (Å²) in [6.07, 6.45) is 3.15. The number of rotatable bonds is 6. The largest absolute Gasteiger partial charge is 0.497 e. The predicted octanol–water partition coefficient (Wildman–Crippen LogP) is 2.64. The van der Waals surface area contributed by atoms with Gasteiger partial charge < -0.3 is 15.4 Å². The number of amides is 2. The molecule has 1 aliphatic rings. The molecule has 0 radical (unpaired) electrons. The molecular formula is C19H28N2O3. The van der Waals surface area contributed by atoms with Crippen molar-refractivity contribution in [1.29, 1.82) is 0 Å². The van der Waals surface area contributed by atoms with Crippen LogP contribution >= 0.6 is 0 Å². The topological polar surface area (TPSA) is 67.4 Å². The molecule has 0 saturated heterocycles. The minimum atomic E-state index is 0.0198. The molecule has 5 nitrogen and oxygen atoms in total. The van der Waals surface area contributed by atoms with Gasteiger partial charge in [0.25, 0.3) is 0 Å². The lowest BCUT2D eigenvalue weighted by Gasteiger charge is -2.27. The van der Waals surface area contributed by atoms with Crippen LogP contribution in [-0.2, 0) is 16.1 Å². The van der Waals surface area contributed by atoms with Crippen LogP contribution < -0.4 is 15.4 Å². The number of nitrogens with one attached hydrogen (secondary N) is 2. The lowest BCUT2D eigenvalue weighted by atomic mass is 9.81. The minimum absolute atomic E-state index is 0.0198. The number of hydrogen-bond donors (Lipinski definition) is 2. The van der Waals surface area contributed by atoms with Crippen LogP contribution in [0.5, 0.6) is 5.75 Å². The van der Waals surface area contributed by atoms with Gasteiger partial charge in [0.2, 0.25) is 11.8 Å². The van der Waals surface area contributed by atoms with Crippen molar-refractivity contribution in [3.05, 3.63) is 29.8 Å². The molecule has 2 amide bonds. The lowest BCUT2D eigenvalue weighted by Crippen LogP contribution is -2.39. The summed E-state index contributed by atoms with van der Waals surface area (Å²) in [6.45, 7) is 4.46. The van der Waals surface area contributed by atoms with E-state index < -0.39 is 0 Å². The van der Waals surface area contributed by atoms with Crippen molar-refractivity contribution < 1.29 is 14.3 Å². The summed E-state index contributed by atoms with van der Waals surface area (Å²) in [5.74, 6) is 1.10. The zero-order valence-electron chi connectivity index (χ0n) is 14.8. The van der Waals surface area contributed by atoms with Crippen LogP contribution in [-0.4, -0.2) is 25.0 Å². The highest BCUT2D eigenvalue weighted by molar-refractivity contribution is 5.81. The molecule has 1 aromatic carbocycles. The van der Waals surface area contributed by atoms with Gasteiger partial charge in [0.05, 0.1) is 7.11 Å². The van der Waals surface area contributed by atoms with Crippen LogP contribution in [0.25, 0.3) is 0 Å². The fraction of sp³-hybridized carbons (Fsp3) is 0.579. The second kappa shape index (κ2) is 8.71. The van der Waals surface area contributed by atoms with E-state index in [1.165, 1.54) is 0 Å². The molecule has 1 aliphatic carbocycles. The normalized spacial score (nSPS) is 20.5. The Morgan fingerprint density at radius 1 is 1.04 bits per heavy atom. The summed E-state index contributed by atoms with van der Waals surface area (Å²) < 4.78 is 5.12. The molecule has 0 spiro atoms. The zero-order chi connectivity index (χ0) is 17.5. The van der Waals surface area contributed by atoms with Crippen molar-refractivity contribution >= 4 is 11.8 Å². The molecule has 0 bridgehead atoms. The predicted molar refractivity (Wildman–Crippen MR) is 93.6 cm³/mol. The fourth-order valence-electron chi connectivity index (χ4n) is 3.10. The van der Waals surface area contributed by atoms with E-state index in [1.807, 2.05) is 38.1 Å². The number of carbonyl (C=O) groups excluding carboxylic acids is 2. The van der Waals surface area contributed by atoms with E-state index in [0.717, 1.165) is 37.0 Å². The van der Waals surface area contributed by atoms with E-state index in [4.69, 9.17) is 4.74 Å². The third-order valence-corrected chi connectivity index (χ3v) is 4.53. The van der Waals surface area contributed by atoms with Gasteiger partial charge in [-0.1, -0.05) is 12.1 Å². The Morgan fingerprint density at radius 2 is 1.58 bits per heavy atom. The monoisotopic (exact) mass is 332 g/mol. The van der Waals surface area contributed by atoms with Crippen LogP contribution in [0.4, 0.5) is 0 Å². The van der Waals surface area contributed by atoms with Gasteiger partial charge in [0.1, 0.15) is 5.75 Å². The first-order valence-electron chi connectivity index (χ1n) is 8.70. The molecule has 24 heavy (non-hydrogen) atoms. The molecule has 0 atom stereocenters. The van der Waals surface area contributed by atoms with E-state index in [0.29, 0.717) is 6.54 Å². The molecule has 2 rings (SSSR count). The van der Waals surface area contributed by atoms with E-state index in [9.17, 15) is 9.59 Å². The molecular weight excluding hydrogens is 304 g/mol. The maximum absolute atomic E-state index is 12.3. The van der Waals surface area contributed by atoms with Crippen LogP contribution in [0.15, 0.2) is 24.3 Å². The maximum Gasteiger partial charge on any atom is 0.223 e. The lowest BCUT2D eigenvalue weighted by molar-refractivity contribution is -0.130. The van der Waals surface area contributed by atoms with Gasteiger partial charge in [-0.25, -0.2) is 0 Å². The van der Waals surface area contributed by atoms with E-state index in [1.54, 1.807) is 7.11 Å². The molecule has 0 aromatic heterocycles. The van der Waals surface area contributed by atoms with Gasteiger partial charge in [-0.3, -0.25) is 9.59 Å². The average Bonchev–Trinajstić information content (AvgIpc) is 2.59. The first kappa shape index (κ1) is 18.3. The van der Waals surface area contributed by atoms with Crippen LogP contribution in [0.3, 0.4) is 0 Å². The van der Waals surface area contributed by atoms with Gasteiger partial charge in [0, 0.05) is 24.4 Å². The fourth-order valence-corrected chi connectivity index (χ4v) is 3.10. The van der Waals surface area contributed by atoms with E-state index in [-0.39, 0.29) is 29.7 Å². The Hall–Kier alpha value is -2.04. The van der Waals surface area contributed by atoms with Gasteiger partial charge in [0.15, 0.2) is 0 Å². The van der Waals surface area contributed by atoms with Crippen LogP contribution in [0, 0.1) is 11.8 Å². The number of methoxy groups -OCH3 is 1. The second-order valence-electron chi connectivity index (χ2n) is 6.78. The van der Waals surface area contributed by atoms with Crippen molar-refractivity contribution in [2.45, 2.75) is 52.1 Å². The van der Waals surface area contributed by atoms with E-state index >= 15 is 0 Å². The van der Waals surface area contributed by atoms with Crippen molar-refractivity contribution in [1.82, 2.24) is 10.6 Å². The first-order valence-corrected chi connectivity index (χ1v) is 8.70. The summed E-state index contributed by atoms with van der Waals surface area (Å²) in [5, 5.41) is 5.96. The number of hydrogen-bond acceptors (Lipinski definition) is 3. The van der Waals surface area contributed by atoms with Crippen molar-refractivity contribution in [3.8, 4) is 5.75 Å². The Bertz CT molecular complexity index is 546. The summed E-state index contributed by atoms with van der Waals surface area (Å²) in [5.41, 5.74) is 1.05. The molecule has 0 aliphatic heterocycles. The van der Waals surface area contributed by atoms with Gasteiger partial charge in [-0.15, -0.1) is 0 Å². The molecule has 1 saturated carbocycles. The molecule has 2 N–H and O–H groups in total. The Morgan fingerprint density at radius 3 is 2.08 bits per heavy atom. The average molecular weight is 332 g/mol. The Balaban J connectivity index is 1.75. The standard InChI is InChI=1S/C19H28N2O3/c1-13(2)21-19(23)16-8-6-15(7-9-16)18(22)20-12-14-4-10-17(24-3)11-5-14/h4-5,10-11,13,15-16H,6-9,12H2,1-3H3,(H,20,22)(H,21,23). The summed E-state index contributed by atoms with van der Waals surface area (Å²) >= 11 is 0. The molecule has 0 heterocycles. The van der Waals surface area contributed by atoms with Gasteiger partial charge >= 0.3 is 0 Å². The number of carbonyl (C=O) groups is 2. The highest BCUT2D eigenvalue weighted by atomic mass is 16.5. The molecule has 0 unspecified atom stereocenters.